The number of rotatable bonds is 6. The smallest absolute Gasteiger partial charge is 0.256 e. The summed E-state index contributed by atoms with van der Waals surface area (Å²) in [4.78, 5) is 26.4. The van der Waals surface area contributed by atoms with E-state index in [1.807, 2.05) is 6.07 Å². The van der Waals surface area contributed by atoms with Crippen LogP contribution in [0.5, 0.6) is 0 Å². The number of amides is 2. The van der Waals surface area contributed by atoms with E-state index in [1.54, 1.807) is 31.2 Å². The maximum absolute atomic E-state index is 12.6. The van der Waals surface area contributed by atoms with Crippen molar-refractivity contribution >= 4 is 33.2 Å². The van der Waals surface area contributed by atoms with Crippen LogP contribution in [0.2, 0.25) is 0 Å². The number of benzene rings is 1. The van der Waals surface area contributed by atoms with Crippen molar-refractivity contribution in [2.75, 3.05) is 29.9 Å². The number of aromatic nitrogens is 2. The molecule has 0 radical (unpaired) electrons. The van der Waals surface area contributed by atoms with Crippen molar-refractivity contribution in [3.05, 3.63) is 41.6 Å². The number of sulfone groups is 1. The van der Waals surface area contributed by atoms with Gasteiger partial charge in [0.1, 0.15) is 11.4 Å². The van der Waals surface area contributed by atoms with Crippen molar-refractivity contribution in [2.24, 2.45) is 0 Å². The van der Waals surface area contributed by atoms with Gasteiger partial charge in [0.2, 0.25) is 0 Å². The molecule has 1 atom stereocenters. The molecule has 1 fully saturated rings. The number of hydrogen-bond donors (Lipinski definition) is 3. The maximum atomic E-state index is 12.6. The van der Waals surface area contributed by atoms with Gasteiger partial charge in [0.05, 0.1) is 30.2 Å². The zero-order chi connectivity index (χ0) is 21.7. The average molecular weight is 430 g/mol. The molecular formula is C19H22N6O4S. The second-order valence-corrected chi connectivity index (χ2v) is 9.35. The third-order valence-corrected chi connectivity index (χ3v) is 6.30. The number of nitrogens with one attached hydrogen (secondary N) is 3. The number of hydrogen-bond acceptors (Lipinski definition) is 7. The summed E-state index contributed by atoms with van der Waals surface area (Å²) in [5.41, 5.74) is 1.39. The first-order valence-corrected chi connectivity index (χ1v) is 11.2. The first-order valence-electron chi connectivity index (χ1n) is 9.37. The lowest BCUT2D eigenvalue weighted by atomic mass is 10.1. The monoisotopic (exact) mass is 430 g/mol. The number of anilines is 2. The number of aromatic amines is 1. The number of carbonyl (C=O) groups excluding carboxylic acids is 2. The van der Waals surface area contributed by atoms with Crippen LogP contribution in [0, 0.1) is 11.3 Å². The quantitative estimate of drug-likeness (QED) is 0.620. The molecule has 1 aromatic heterocycles. The van der Waals surface area contributed by atoms with Crippen molar-refractivity contribution < 1.29 is 18.0 Å². The second-order valence-electron chi connectivity index (χ2n) is 7.04. The Bertz CT molecular complexity index is 1060. The van der Waals surface area contributed by atoms with Crippen LogP contribution >= 0.6 is 0 Å². The normalized spacial score (nSPS) is 16.3. The van der Waals surface area contributed by atoms with Crippen LogP contribution in [-0.2, 0) is 9.84 Å². The summed E-state index contributed by atoms with van der Waals surface area (Å²) in [7, 11) is -3.05. The summed E-state index contributed by atoms with van der Waals surface area (Å²) in [6, 6.07) is 8.36. The van der Waals surface area contributed by atoms with Crippen LogP contribution < -0.4 is 10.6 Å². The molecule has 1 aromatic carbocycles. The van der Waals surface area contributed by atoms with Gasteiger partial charge < -0.3 is 15.5 Å². The molecule has 1 saturated heterocycles. The number of nitriles is 1. The van der Waals surface area contributed by atoms with Gasteiger partial charge in [-0.25, -0.2) is 8.42 Å². The Morgan fingerprint density at radius 3 is 2.57 bits per heavy atom. The average Bonchev–Trinajstić information content (AvgIpc) is 3.16. The highest BCUT2D eigenvalue weighted by molar-refractivity contribution is 7.91. The molecule has 10 nitrogen and oxygen atoms in total. The highest BCUT2D eigenvalue weighted by atomic mass is 32.2. The minimum atomic E-state index is -3.05. The summed E-state index contributed by atoms with van der Waals surface area (Å²) < 4.78 is 23.0. The van der Waals surface area contributed by atoms with Crippen molar-refractivity contribution in [2.45, 2.75) is 19.4 Å². The van der Waals surface area contributed by atoms with Gasteiger partial charge >= 0.3 is 0 Å². The standard InChI is InChI=1S/C19H22N6O4S/c1-13(6-7-20)22-18(26)16-12-21-24-17(16)23-15-4-2-14(3-5-15)19(27)25-8-10-30(28,29)11-9-25/h2-5,12-13H,6,8-11H2,1H3,(H,22,26)(H2,21,23,24). The van der Waals surface area contributed by atoms with E-state index in [9.17, 15) is 18.0 Å². The molecule has 2 aromatic rings. The van der Waals surface area contributed by atoms with Gasteiger partial charge in [-0.15, -0.1) is 0 Å². The lowest BCUT2D eigenvalue weighted by Gasteiger charge is -2.26. The lowest BCUT2D eigenvalue weighted by Crippen LogP contribution is -2.43. The summed E-state index contributed by atoms with van der Waals surface area (Å²) in [5.74, 6) is -0.228. The van der Waals surface area contributed by atoms with E-state index < -0.39 is 9.84 Å². The third kappa shape index (κ3) is 5.15. The van der Waals surface area contributed by atoms with Gasteiger partial charge in [0.25, 0.3) is 11.8 Å². The number of carbonyl (C=O) groups is 2. The molecule has 158 valence electrons. The van der Waals surface area contributed by atoms with Crippen molar-refractivity contribution in [3.63, 3.8) is 0 Å². The van der Waals surface area contributed by atoms with Gasteiger partial charge in [-0.1, -0.05) is 0 Å². The first kappa shape index (κ1) is 21.3. The van der Waals surface area contributed by atoms with Crippen LogP contribution in [0.3, 0.4) is 0 Å². The SMILES string of the molecule is CC(CC#N)NC(=O)c1cn[nH]c1Nc1ccc(C(=O)N2CCS(=O)(=O)CC2)cc1. The van der Waals surface area contributed by atoms with Gasteiger partial charge in [-0.2, -0.15) is 10.4 Å². The Hall–Kier alpha value is -3.39. The fourth-order valence-corrected chi connectivity index (χ4v) is 4.18. The minimum Gasteiger partial charge on any atom is -0.348 e. The van der Waals surface area contributed by atoms with E-state index in [-0.39, 0.29) is 48.9 Å². The molecule has 30 heavy (non-hydrogen) atoms. The van der Waals surface area contributed by atoms with Crippen LogP contribution in [-0.4, -0.2) is 66.0 Å². The minimum absolute atomic E-state index is 0.0178. The second kappa shape index (κ2) is 8.96. The summed E-state index contributed by atoms with van der Waals surface area (Å²) in [5, 5.41) is 21.1. The van der Waals surface area contributed by atoms with Crippen LogP contribution in [0.25, 0.3) is 0 Å². The fourth-order valence-electron chi connectivity index (χ4n) is 2.98. The summed E-state index contributed by atoms with van der Waals surface area (Å²) >= 11 is 0. The molecule has 3 N–H and O–H groups in total. The van der Waals surface area contributed by atoms with E-state index in [1.165, 1.54) is 11.1 Å². The first-order chi connectivity index (χ1) is 14.3. The molecule has 11 heteroatoms. The molecule has 2 amide bonds. The lowest BCUT2D eigenvalue weighted by molar-refractivity contribution is 0.0770. The summed E-state index contributed by atoms with van der Waals surface area (Å²) in [6.45, 7) is 2.12. The molecule has 0 bridgehead atoms. The van der Waals surface area contributed by atoms with E-state index in [0.717, 1.165) is 0 Å². The maximum Gasteiger partial charge on any atom is 0.256 e. The van der Waals surface area contributed by atoms with Gasteiger partial charge in [-0.3, -0.25) is 14.7 Å². The molecule has 3 rings (SSSR count). The largest absolute Gasteiger partial charge is 0.348 e. The molecule has 1 aliphatic rings. The van der Waals surface area contributed by atoms with Crippen molar-refractivity contribution in [3.8, 4) is 6.07 Å². The molecule has 2 heterocycles. The van der Waals surface area contributed by atoms with E-state index >= 15 is 0 Å². The predicted octanol–water partition coefficient (Wildman–Crippen LogP) is 1.06. The van der Waals surface area contributed by atoms with Crippen molar-refractivity contribution in [1.29, 1.82) is 5.26 Å². The van der Waals surface area contributed by atoms with E-state index in [2.05, 4.69) is 20.8 Å². The highest BCUT2D eigenvalue weighted by Gasteiger charge is 2.25. The molecule has 0 spiro atoms. The number of nitrogens with zero attached hydrogens (tertiary/aromatic N) is 3. The van der Waals surface area contributed by atoms with E-state index in [4.69, 9.17) is 5.26 Å². The van der Waals surface area contributed by atoms with Gasteiger partial charge in [0.15, 0.2) is 9.84 Å². The Morgan fingerprint density at radius 1 is 1.27 bits per heavy atom. The predicted molar refractivity (Wildman–Crippen MR) is 110 cm³/mol. The molecule has 0 saturated carbocycles. The highest BCUT2D eigenvalue weighted by Crippen LogP contribution is 2.20. The molecule has 1 aliphatic heterocycles. The Kier molecular flexibility index (Phi) is 6.37. The van der Waals surface area contributed by atoms with Crippen LogP contribution in [0.4, 0.5) is 11.5 Å². The topological polar surface area (TPSA) is 148 Å². The van der Waals surface area contributed by atoms with E-state index in [0.29, 0.717) is 22.6 Å². The molecule has 1 unspecified atom stereocenters. The zero-order valence-electron chi connectivity index (χ0n) is 16.4. The Balaban J connectivity index is 1.64. The molecular weight excluding hydrogens is 408 g/mol. The fraction of sp³-hybridized carbons (Fsp3) is 0.368. The summed E-state index contributed by atoms with van der Waals surface area (Å²) in [6.07, 6.45) is 1.59. The van der Waals surface area contributed by atoms with Gasteiger partial charge in [-0.05, 0) is 31.2 Å². The van der Waals surface area contributed by atoms with Crippen LogP contribution in [0.1, 0.15) is 34.1 Å². The number of H-pyrrole nitrogens is 1. The van der Waals surface area contributed by atoms with Gasteiger partial charge in [0, 0.05) is 30.4 Å². The third-order valence-electron chi connectivity index (χ3n) is 4.69. The Labute approximate surface area is 174 Å². The van der Waals surface area contributed by atoms with Crippen molar-refractivity contribution in [1.82, 2.24) is 20.4 Å². The zero-order valence-corrected chi connectivity index (χ0v) is 17.2. The van der Waals surface area contributed by atoms with Crippen LogP contribution in [0.15, 0.2) is 30.5 Å². The molecule has 0 aliphatic carbocycles. The Morgan fingerprint density at radius 2 is 1.93 bits per heavy atom.